The molecule has 1 aliphatic heterocycles. The zero-order valence-electron chi connectivity index (χ0n) is 12.4. The molecule has 19 heavy (non-hydrogen) atoms. The minimum absolute atomic E-state index is 0.547. The highest BCUT2D eigenvalue weighted by atomic mass is 35.5. The summed E-state index contributed by atoms with van der Waals surface area (Å²) in [7, 11) is 1.90. The zero-order chi connectivity index (χ0) is 14.0. The van der Waals surface area contributed by atoms with Crippen molar-refractivity contribution in [3.63, 3.8) is 0 Å². The first-order valence-corrected chi connectivity index (χ1v) is 7.52. The van der Waals surface area contributed by atoms with Crippen LogP contribution in [0.2, 0.25) is 5.15 Å². The van der Waals surface area contributed by atoms with Crippen LogP contribution in [0.4, 0.5) is 0 Å². The van der Waals surface area contributed by atoms with Gasteiger partial charge in [0.05, 0.1) is 5.69 Å². The van der Waals surface area contributed by atoms with Gasteiger partial charge in [0, 0.05) is 37.8 Å². The van der Waals surface area contributed by atoms with Gasteiger partial charge < -0.3 is 5.32 Å². The van der Waals surface area contributed by atoms with Gasteiger partial charge in [-0.2, -0.15) is 5.10 Å². The molecular weight excluding hydrogens is 260 g/mol. The van der Waals surface area contributed by atoms with Gasteiger partial charge in [-0.25, -0.2) is 0 Å². The number of hydrogen-bond donors (Lipinski definition) is 1. The number of hydrogen-bond acceptors (Lipinski definition) is 3. The smallest absolute Gasteiger partial charge is 0.131 e. The molecule has 0 bridgehead atoms. The Hall–Kier alpha value is -0.580. The molecule has 1 atom stereocenters. The van der Waals surface area contributed by atoms with Crippen LogP contribution in [0.1, 0.15) is 37.9 Å². The average Bonchev–Trinajstić information content (AvgIpc) is 2.87. The second kappa shape index (κ2) is 6.25. The third-order valence-corrected chi connectivity index (χ3v) is 4.36. The Kier molecular flexibility index (Phi) is 4.87. The van der Waals surface area contributed by atoms with E-state index in [1.165, 1.54) is 18.4 Å². The molecule has 1 saturated heterocycles. The highest BCUT2D eigenvalue weighted by Crippen LogP contribution is 2.25. The molecule has 1 fully saturated rings. The summed E-state index contributed by atoms with van der Waals surface area (Å²) in [6.07, 6.45) is 2.55. The van der Waals surface area contributed by atoms with Gasteiger partial charge in [-0.3, -0.25) is 9.58 Å². The third-order valence-electron chi connectivity index (χ3n) is 3.89. The summed E-state index contributed by atoms with van der Waals surface area (Å²) in [4.78, 5) is 2.53. The van der Waals surface area contributed by atoms with Crippen LogP contribution in [0.5, 0.6) is 0 Å². The van der Waals surface area contributed by atoms with Crippen molar-refractivity contribution in [3.8, 4) is 0 Å². The lowest BCUT2D eigenvalue weighted by Gasteiger charge is -2.25. The number of nitrogens with zero attached hydrogens (tertiary/aromatic N) is 3. The predicted octanol–water partition coefficient (Wildman–Crippen LogP) is 2.34. The van der Waals surface area contributed by atoms with Crippen LogP contribution in [0.15, 0.2) is 0 Å². The fourth-order valence-corrected chi connectivity index (χ4v) is 3.00. The van der Waals surface area contributed by atoms with E-state index in [1.807, 2.05) is 14.0 Å². The van der Waals surface area contributed by atoms with E-state index in [-0.39, 0.29) is 0 Å². The lowest BCUT2D eigenvalue weighted by atomic mass is 10.2. The molecule has 1 aromatic heterocycles. The van der Waals surface area contributed by atoms with Crippen LogP contribution in [0.3, 0.4) is 0 Å². The van der Waals surface area contributed by atoms with E-state index >= 15 is 0 Å². The summed E-state index contributed by atoms with van der Waals surface area (Å²) in [5, 5.41) is 8.71. The fraction of sp³-hybridized carbons (Fsp3) is 0.786. The van der Waals surface area contributed by atoms with Crippen LogP contribution >= 0.6 is 11.6 Å². The van der Waals surface area contributed by atoms with Gasteiger partial charge in [0.25, 0.3) is 0 Å². The lowest BCUT2D eigenvalue weighted by Crippen LogP contribution is -2.39. The molecule has 1 unspecified atom stereocenters. The minimum atomic E-state index is 0.547. The van der Waals surface area contributed by atoms with E-state index in [0.717, 1.165) is 30.5 Å². The van der Waals surface area contributed by atoms with Crippen molar-refractivity contribution in [1.82, 2.24) is 20.0 Å². The van der Waals surface area contributed by atoms with Crippen molar-refractivity contribution >= 4 is 11.6 Å². The molecule has 0 aromatic carbocycles. The number of aryl methyl sites for hydroxylation is 2. The molecule has 0 radical (unpaired) electrons. The Bertz CT molecular complexity index is 427. The van der Waals surface area contributed by atoms with E-state index < -0.39 is 0 Å². The third kappa shape index (κ3) is 3.50. The summed E-state index contributed by atoms with van der Waals surface area (Å²) in [6, 6.07) is 1.17. The van der Waals surface area contributed by atoms with Crippen LogP contribution in [-0.4, -0.2) is 39.9 Å². The normalized spacial score (nSPS) is 20.6. The van der Waals surface area contributed by atoms with E-state index in [0.29, 0.717) is 12.1 Å². The molecule has 4 nitrogen and oxygen atoms in total. The quantitative estimate of drug-likeness (QED) is 0.901. The van der Waals surface area contributed by atoms with Crippen molar-refractivity contribution in [1.29, 1.82) is 0 Å². The van der Waals surface area contributed by atoms with Gasteiger partial charge in [-0.05, 0) is 26.3 Å². The number of rotatable bonds is 5. The van der Waals surface area contributed by atoms with Crippen molar-refractivity contribution in [2.45, 2.75) is 52.2 Å². The molecule has 0 spiro atoms. The van der Waals surface area contributed by atoms with E-state index in [2.05, 4.69) is 29.2 Å². The van der Waals surface area contributed by atoms with Gasteiger partial charge in [-0.1, -0.05) is 25.4 Å². The largest absolute Gasteiger partial charge is 0.313 e. The molecule has 0 aliphatic carbocycles. The molecular formula is C14H25ClN4. The maximum atomic E-state index is 6.33. The summed E-state index contributed by atoms with van der Waals surface area (Å²) in [6.45, 7) is 9.58. The number of nitrogens with one attached hydrogen (secondary N) is 1. The van der Waals surface area contributed by atoms with Crippen molar-refractivity contribution in [3.05, 3.63) is 16.4 Å². The Morgan fingerprint density at radius 3 is 2.79 bits per heavy atom. The molecule has 108 valence electrons. The molecule has 2 heterocycles. The van der Waals surface area contributed by atoms with Crippen LogP contribution in [0.25, 0.3) is 0 Å². The summed E-state index contributed by atoms with van der Waals surface area (Å²) in [5.74, 6) is 0. The van der Waals surface area contributed by atoms with Gasteiger partial charge >= 0.3 is 0 Å². The summed E-state index contributed by atoms with van der Waals surface area (Å²) in [5.41, 5.74) is 2.23. The van der Waals surface area contributed by atoms with E-state index in [4.69, 9.17) is 11.6 Å². The standard InChI is InChI=1S/C14H25ClN4/c1-10(2)16-8-12-6-5-7-19(12)9-13-11(3)17-18(4)14(13)15/h10,12,16H,5-9H2,1-4H3. The topological polar surface area (TPSA) is 33.1 Å². The molecule has 1 aromatic rings. The maximum absolute atomic E-state index is 6.33. The Balaban J connectivity index is 2.01. The Morgan fingerprint density at radius 1 is 1.47 bits per heavy atom. The monoisotopic (exact) mass is 284 g/mol. The number of likely N-dealkylation sites (tertiary alicyclic amines) is 1. The highest BCUT2D eigenvalue weighted by Gasteiger charge is 2.26. The summed E-state index contributed by atoms with van der Waals surface area (Å²) >= 11 is 6.33. The van der Waals surface area contributed by atoms with Crippen molar-refractivity contribution < 1.29 is 0 Å². The number of halogens is 1. The first-order valence-electron chi connectivity index (χ1n) is 7.14. The first kappa shape index (κ1) is 14.8. The minimum Gasteiger partial charge on any atom is -0.313 e. The van der Waals surface area contributed by atoms with Crippen LogP contribution in [-0.2, 0) is 13.6 Å². The van der Waals surface area contributed by atoms with Crippen molar-refractivity contribution in [2.24, 2.45) is 7.05 Å². The lowest BCUT2D eigenvalue weighted by molar-refractivity contribution is 0.235. The Labute approximate surface area is 121 Å². The predicted molar refractivity (Wildman–Crippen MR) is 79.5 cm³/mol. The van der Waals surface area contributed by atoms with Gasteiger partial charge in [0.1, 0.15) is 5.15 Å². The molecule has 0 amide bonds. The van der Waals surface area contributed by atoms with Crippen LogP contribution < -0.4 is 5.32 Å². The molecule has 0 saturated carbocycles. The van der Waals surface area contributed by atoms with E-state index in [1.54, 1.807) is 4.68 Å². The molecule has 2 rings (SSSR count). The fourth-order valence-electron chi connectivity index (χ4n) is 2.76. The average molecular weight is 285 g/mol. The van der Waals surface area contributed by atoms with Crippen molar-refractivity contribution in [2.75, 3.05) is 13.1 Å². The van der Waals surface area contributed by atoms with Gasteiger partial charge in [0.2, 0.25) is 0 Å². The molecule has 5 heteroatoms. The summed E-state index contributed by atoms with van der Waals surface area (Å²) < 4.78 is 1.77. The molecule has 1 aliphatic rings. The molecule has 1 N–H and O–H groups in total. The second-order valence-corrected chi connectivity index (χ2v) is 6.17. The SMILES string of the molecule is Cc1nn(C)c(Cl)c1CN1CCCC1CNC(C)C. The van der Waals surface area contributed by atoms with E-state index in [9.17, 15) is 0 Å². The second-order valence-electron chi connectivity index (χ2n) is 5.81. The first-order chi connectivity index (χ1) is 8.99. The van der Waals surface area contributed by atoms with Gasteiger partial charge in [0.15, 0.2) is 0 Å². The van der Waals surface area contributed by atoms with Crippen LogP contribution in [0, 0.1) is 6.92 Å². The number of aromatic nitrogens is 2. The zero-order valence-corrected chi connectivity index (χ0v) is 13.2. The maximum Gasteiger partial charge on any atom is 0.131 e. The Morgan fingerprint density at radius 2 is 2.21 bits per heavy atom. The highest BCUT2D eigenvalue weighted by molar-refractivity contribution is 6.30. The van der Waals surface area contributed by atoms with Gasteiger partial charge in [-0.15, -0.1) is 0 Å².